The molecule has 80 valence electrons. The van der Waals surface area contributed by atoms with Gasteiger partial charge in [0.05, 0.1) is 6.54 Å². The van der Waals surface area contributed by atoms with Gasteiger partial charge in [0.15, 0.2) is 0 Å². The number of rotatable bonds is 6. The summed E-state index contributed by atoms with van der Waals surface area (Å²) in [6, 6.07) is 0. The van der Waals surface area contributed by atoms with Gasteiger partial charge in [-0.2, -0.15) is 0 Å². The molecule has 0 bridgehead atoms. The highest BCUT2D eigenvalue weighted by atomic mass is 35.5. The van der Waals surface area contributed by atoms with Crippen molar-refractivity contribution in [2.45, 2.75) is 20.3 Å². The van der Waals surface area contributed by atoms with E-state index in [1.807, 2.05) is 6.92 Å². The topological polar surface area (TPSA) is 36.4 Å². The lowest BCUT2D eigenvalue weighted by Crippen LogP contribution is -2.23. The number of hydrogen-bond donors (Lipinski definition) is 2. The van der Waals surface area contributed by atoms with Crippen molar-refractivity contribution in [2.75, 3.05) is 13.1 Å². The SMILES string of the molecule is C=C(Cl)CNC(=C)/N=C(\C)NCCC. The summed E-state index contributed by atoms with van der Waals surface area (Å²) < 4.78 is 0. The zero-order chi connectivity index (χ0) is 11.0. The zero-order valence-corrected chi connectivity index (χ0v) is 9.62. The molecule has 0 unspecified atom stereocenters. The van der Waals surface area contributed by atoms with Gasteiger partial charge in [-0.25, -0.2) is 4.99 Å². The predicted octanol–water partition coefficient (Wildman–Crippen LogP) is 2.22. The van der Waals surface area contributed by atoms with Crippen LogP contribution in [0.2, 0.25) is 0 Å². The van der Waals surface area contributed by atoms with Gasteiger partial charge in [-0.05, 0) is 13.3 Å². The van der Waals surface area contributed by atoms with Crippen LogP contribution in [0.25, 0.3) is 0 Å². The van der Waals surface area contributed by atoms with Gasteiger partial charge < -0.3 is 10.6 Å². The van der Waals surface area contributed by atoms with Crippen molar-refractivity contribution in [3.05, 3.63) is 24.0 Å². The maximum absolute atomic E-state index is 5.58. The highest BCUT2D eigenvalue weighted by molar-refractivity contribution is 6.29. The van der Waals surface area contributed by atoms with Gasteiger partial charge in [-0.3, -0.25) is 0 Å². The fraction of sp³-hybridized carbons (Fsp3) is 0.500. The third kappa shape index (κ3) is 7.68. The second-order valence-corrected chi connectivity index (χ2v) is 3.48. The minimum Gasteiger partial charge on any atom is -0.374 e. The van der Waals surface area contributed by atoms with Crippen LogP contribution >= 0.6 is 11.6 Å². The van der Waals surface area contributed by atoms with Gasteiger partial charge in [-0.1, -0.05) is 31.7 Å². The van der Waals surface area contributed by atoms with Crippen molar-refractivity contribution in [1.29, 1.82) is 0 Å². The summed E-state index contributed by atoms with van der Waals surface area (Å²) in [6.45, 7) is 12.7. The van der Waals surface area contributed by atoms with E-state index in [0.29, 0.717) is 17.4 Å². The van der Waals surface area contributed by atoms with Crippen LogP contribution in [0.3, 0.4) is 0 Å². The van der Waals surface area contributed by atoms with Gasteiger partial charge in [0.25, 0.3) is 0 Å². The van der Waals surface area contributed by atoms with E-state index in [0.717, 1.165) is 18.8 Å². The summed E-state index contributed by atoms with van der Waals surface area (Å²) in [5.74, 6) is 1.44. The Morgan fingerprint density at radius 1 is 1.36 bits per heavy atom. The Morgan fingerprint density at radius 3 is 2.50 bits per heavy atom. The van der Waals surface area contributed by atoms with Gasteiger partial charge in [-0.15, -0.1) is 0 Å². The molecule has 0 aromatic heterocycles. The smallest absolute Gasteiger partial charge is 0.121 e. The molecule has 0 saturated heterocycles. The summed E-state index contributed by atoms with van der Waals surface area (Å²) in [7, 11) is 0. The summed E-state index contributed by atoms with van der Waals surface area (Å²) >= 11 is 5.58. The molecule has 0 aliphatic carbocycles. The van der Waals surface area contributed by atoms with Crippen molar-refractivity contribution in [3.8, 4) is 0 Å². The van der Waals surface area contributed by atoms with Crippen LogP contribution < -0.4 is 10.6 Å². The number of amidine groups is 1. The second kappa shape index (κ2) is 7.44. The maximum Gasteiger partial charge on any atom is 0.121 e. The first kappa shape index (κ1) is 13.0. The first-order valence-corrected chi connectivity index (χ1v) is 4.99. The molecule has 14 heavy (non-hydrogen) atoms. The Morgan fingerprint density at radius 2 is 2.00 bits per heavy atom. The van der Waals surface area contributed by atoms with Crippen molar-refractivity contribution in [1.82, 2.24) is 10.6 Å². The Bertz CT molecular complexity index is 234. The molecule has 0 aliphatic heterocycles. The molecule has 2 N–H and O–H groups in total. The average Bonchev–Trinajstić information content (AvgIpc) is 2.11. The van der Waals surface area contributed by atoms with Crippen LogP contribution in [0.4, 0.5) is 0 Å². The monoisotopic (exact) mass is 215 g/mol. The van der Waals surface area contributed by atoms with E-state index in [2.05, 4.69) is 35.7 Å². The third-order valence-corrected chi connectivity index (χ3v) is 1.55. The van der Waals surface area contributed by atoms with E-state index < -0.39 is 0 Å². The lowest BCUT2D eigenvalue weighted by atomic mass is 10.5. The van der Waals surface area contributed by atoms with Crippen LogP contribution in [0, 0.1) is 0 Å². The molecule has 3 nitrogen and oxygen atoms in total. The third-order valence-electron chi connectivity index (χ3n) is 1.42. The first-order valence-electron chi connectivity index (χ1n) is 4.61. The molecule has 0 aromatic carbocycles. The molecule has 0 aromatic rings. The fourth-order valence-electron chi connectivity index (χ4n) is 0.785. The van der Waals surface area contributed by atoms with E-state index in [4.69, 9.17) is 11.6 Å². The first-order chi connectivity index (χ1) is 6.56. The zero-order valence-electron chi connectivity index (χ0n) is 8.86. The van der Waals surface area contributed by atoms with Crippen LogP contribution in [0.1, 0.15) is 20.3 Å². The molecule has 0 fully saturated rings. The summed E-state index contributed by atoms with van der Waals surface area (Å²) in [5, 5.41) is 6.62. The molecule has 0 heterocycles. The van der Waals surface area contributed by atoms with Crippen LogP contribution in [-0.2, 0) is 0 Å². The van der Waals surface area contributed by atoms with Crippen molar-refractivity contribution < 1.29 is 0 Å². The van der Waals surface area contributed by atoms with Crippen molar-refractivity contribution >= 4 is 17.4 Å². The van der Waals surface area contributed by atoms with E-state index in [-0.39, 0.29) is 0 Å². The van der Waals surface area contributed by atoms with Crippen molar-refractivity contribution in [2.24, 2.45) is 4.99 Å². The van der Waals surface area contributed by atoms with Crippen LogP contribution in [-0.4, -0.2) is 18.9 Å². The Hall–Kier alpha value is -0.960. The number of nitrogens with one attached hydrogen (secondary N) is 2. The number of nitrogens with zero attached hydrogens (tertiary/aromatic N) is 1. The normalized spacial score (nSPS) is 10.9. The van der Waals surface area contributed by atoms with Gasteiger partial charge >= 0.3 is 0 Å². The largest absolute Gasteiger partial charge is 0.374 e. The highest BCUT2D eigenvalue weighted by Gasteiger charge is 1.93. The van der Waals surface area contributed by atoms with E-state index in [1.54, 1.807) is 0 Å². The summed E-state index contributed by atoms with van der Waals surface area (Å²) in [4.78, 5) is 4.19. The van der Waals surface area contributed by atoms with E-state index in [9.17, 15) is 0 Å². The van der Waals surface area contributed by atoms with Crippen molar-refractivity contribution in [3.63, 3.8) is 0 Å². The Labute approximate surface area is 90.9 Å². The molecular formula is C10H18ClN3. The molecule has 4 heteroatoms. The average molecular weight is 216 g/mol. The minimum atomic E-state index is 0.491. The Kier molecular flexibility index (Phi) is 6.93. The van der Waals surface area contributed by atoms with Gasteiger partial charge in [0.1, 0.15) is 11.7 Å². The molecule has 0 atom stereocenters. The lowest BCUT2D eigenvalue weighted by Gasteiger charge is -2.06. The molecule has 0 rings (SSSR count). The van der Waals surface area contributed by atoms with Gasteiger partial charge in [0, 0.05) is 11.6 Å². The highest BCUT2D eigenvalue weighted by Crippen LogP contribution is 1.95. The van der Waals surface area contributed by atoms with E-state index in [1.165, 1.54) is 0 Å². The lowest BCUT2D eigenvalue weighted by molar-refractivity contribution is 0.824. The number of hydrogen-bond acceptors (Lipinski definition) is 2. The molecule has 0 aliphatic rings. The van der Waals surface area contributed by atoms with E-state index >= 15 is 0 Å². The summed E-state index contributed by atoms with van der Waals surface area (Å²) in [5.41, 5.74) is 0. The molecule has 0 spiro atoms. The van der Waals surface area contributed by atoms with Gasteiger partial charge in [0.2, 0.25) is 0 Å². The molecule has 0 radical (unpaired) electrons. The van der Waals surface area contributed by atoms with Crippen LogP contribution in [0.5, 0.6) is 0 Å². The molecule has 0 amide bonds. The standard InChI is InChI=1S/C10H18ClN3/c1-5-6-12-9(3)14-10(4)13-7-8(2)11/h13H,2,4-7H2,1,3H3,(H,12,14). The Balaban J connectivity index is 3.83. The predicted molar refractivity (Wildman–Crippen MR) is 63.5 cm³/mol. The molecular weight excluding hydrogens is 198 g/mol. The van der Waals surface area contributed by atoms with Crippen LogP contribution in [0.15, 0.2) is 29.0 Å². The quantitative estimate of drug-likeness (QED) is 0.527. The number of aliphatic imine (C=N–C) groups is 1. The minimum absolute atomic E-state index is 0.491. The second-order valence-electron chi connectivity index (χ2n) is 2.94. The fourth-order valence-corrected chi connectivity index (χ4v) is 0.852. The molecule has 0 saturated carbocycles. The number of halogens is 1. The maximum atomic E-state index is 5.58. The summed E-state index contributed by atoms with van der Waals surface area (Å²) in [6.07, 6.45) is 1.07.